The third-order valence-corrected chi connectivity index (χ3v) is 2.16. The van der Waals surface area contributed by atoms with Crippen LogP contribution in [-0.2, 0) is 4.74 Å². The number of aromatic amines is 1. The Labute approximate surface area is 76.1 Å². The SMILES string of the molecule is CC(NC1CCOC1)c1nn[nH]n1. The van der Waals surface area contributed by atoms with Crippen LogP contribution in [0.1, 0.15) is 25.2 Å². The van der Waals surface area contributed by atoms with Crippen LogP contribution in [0, 0.1) is 0 Å². The summed E-state index contributed by atoms with van der Waals surface area (Å²) in [6.45, 7) is 3.64. The molecular weight excluding hydrogens is 170 g/mol. The summed E-state index contributed by atoms with van der Waals surface area (Å²) in [6.07, 6.45) is 1.06. The molecule has 2 unspecified atom stereocenters. The average Bonchev–Trinajstić information content (AvgIpc) is 2.74. The van der Waals surface area contributed by atoms with Crippen molar-refractivity contribution in [2.45, 2.75) is 25.4 Å². The van der Waals surface area contributed by atoms with Gasteiger partial charge in [-0.3, -0.25) is 0 Å². The first-order valence-electron chi connectivity index (χ1n) is 4.43. The van der Waals surface area contributed by atoms with Gasteiger partial charge in [0.2, 0.25) is 0 Å². The number of aromatic nitrogens is 4. The van der Waals surface area contributed by atoms with Crippen molar-refractivity contribution < 1.29 is 4.74 Å². The summed E-state index contributed by atoms with van der Waals surface area (Å²) >= 11 is 0. The molecule has 6 nitrogen and oxygen atoms in total. The first-order valence-corrected chi connectivity index (χ1v) is 4.43. The minimum atomic E-state index is 0.130. The number of hydrogen-bond donors (Lipinski definition) is 2. The normalized spacial score (nSPS) is 24.8. The Kier molecular flexibility index (Phi) is 2.51. The highest BCUT2D eigenvalue weighted by Gasteiger charge is 2.19. The van der Waals surface area contributed by atoms with Gasteiger partial charge in [0.25, 0.3) is 0 Å². The van der Waals surface area contributed by atoms with E-state index in [1.807, 2.05) is 6.92 Å². The van der Waals surface area contributed by atoms with Crippen LogP contribution in [0.5, 0.6) is 0 Å². The second kappa shape index (κ2) is 3.80. The molecule has 0 bridgehead atoms. The Morgan fingerprint density at radius 3 is 3.23 bits per heavy atom. The number of nitrogens with zero attached hydrogens (tertiary/aromatic N) is 3. The van der Waals surface area contributed by atoms with E-state index in [0.29, 0.717) is 11.9 Å². The lowest BCUT2D eigenvalue weighted by molar-refractivity contribution is 0.188. The van der Waals surface area contributed by atoms with Gasteiger partial charge >= 0.3 is 0 Å². The maximum atomic E-state index is 5.25. The van der Waals surface area contributed by atoms with E-state index in [-0.39, 0.29) is 6.04 Å². The molecule has 0 saturated carbocycles. The van der Waals surface area contributed by atoms with Gasteiger partial charge in [-0.25, -0.2) is 0 Å². The standard InChI is InChI=1S/C7H13N5O/c1-5(7-9-11-12-10-7)8-6-2-3-13-4-6/h5-6,8H,2-4H2,1H3,(H,9,10,11,12). The van der Waals surface area contributed by atoms with Crippen LogP contribution >= 0.6 is 0 Å². The number of hydrogen-bond acceptors (Lipinski definition) is 5. The Hall–Kier alpha value is -1.01. The van der Waals surface area contributed by atoms with Gasteiger partial charge in [0.15, 0.2) is 5.82 Å². The molecule has 1 aliphatic rings. The molecule has 1 saturated heterocycles. The first-order chi connectivity index (χ1) is 6.36. The summed E-state index contributed by atoms with van der Waals surface area (Å²) in [4.78, 5) is 0. The van der Waals surface area contributed by atoms with E-state index in [9.17, 15) is 0 Å². The van der Waals surface area contributed by atoms with Crippen molar-refractivity contribution in [3.63, 3.8) is 0 Å². The lowest BCUT2D eigenvalue weighted by Gasteiger charge is -2.14. The molecule has 1 aromatic heterocycles. The highest BCUT2D eigenvalue weighted by atomic mass is 16.5. The summed E-state index contributed by atoms with van der Waals surface area (Å²) in [5.74, 6) is 0.701. The minimum absolute atomic E-state index is 0.130. The second-order valence-corrected chi connectivity index (χ2v) is 3.22. The van der Waals surface area contributed by atoms with Gasteiger partial charge in [-0.05, 0) is 13.3 Å². The van der Waals surface area contributed by atoms with Gasteiger partial charge in [0.1, 0.15) is 0 Å². The molecule has 13 heavy (non-hydrogen) atoms. The molecule has 72 valence electrons. The molecule has 2 atom stereocenters. The van der Waals surface area contributed by atoms with Crippen molar-refractivity contribution in [2.75, 3.05) is 13.2 Å². The molecule has 2 rings (SSSR count). The lowest BCUT2D eigenvalue weighted by atomic mass is 10.2. The van der Waals surface area contributed by atoms with Crippen molar-refractivity contribution in [3.8, 4) is 0 Å². The van der Waals surface area contributed by atoms with E-state index in [1.54, 1.807) is 0 Å². The van der Waals surface area contributed by atoms with E-state index >= 15 is 0 Å². The fourth-order valence-electron chi connectivity index (χ4n) is 1.45. The van der Waals surface area contributed by atoms with Gasteiger partial charge in [0.05, 0.1) is 12.6 Å². The van der Waals surface area contributed by atoms with Crippen LogP contribution in [0.4, 0.5) is 0 Å². The fraction of sp³-hybridized carbons (Fsp3) is 0.857. The van der Waals surface area contributed by atoms with Crippen LogP contribution in [0.2, 0.25) is 0 Å². The quantitative estimate of drug-likeness (QED) is 0.669. The Morgan fingerprint density at radius 2 is 2.62 bits per heavy atom. The van der Waals surface area contributed by atoms with E-state index in [4.69, 9.17) is 4.74 Å². The Morgan fingerprint density at radius 1 is 1.69 bits per heavy atom. The number of ether oxygens (including phenoxy) is 1. The Bertz CT molecular complexity index is 243. The number of rotatable bonds is 3. The van der Waals surface area contributed by atoms with Crippen molar-refractivity contribution in [3.05, 3.63) is 5.82 Å². The lowest BCUT2D eigenvalue weighted by Crippen LogP contribution is -2.32. The van der Waals surface area contributed by atoms with Gasteiger partial charge < -0.3 is 10.1 Å². The zero-order chi connectivity index (χ0) is 9.10. The molecule has 6 heteroatoms. The summed E-state index contributed by atoms with van der Waals surface area (Å²) in [5, 5.41) is 17.1. The van der Waals surface area contributed by atoms with Gasteiger partial charge in [-0.2, -0.15) is 5.21 Å². The minimum Gasteiger partial charge on any atom is -0.380 e. The predicted molar refractivity (Wildman–Crippen MR) is 45.0 cm³/mol. The van der Waals surface area contributed by atoms with Gasteiger partial charge in [0, 0.05) is 12.6 Å². The van der Waals surface area contributed by atoms with Crippen LogP contribution in [0.15, 0.2) is 0 Å². The molecule has 1 aliphatic heterocycles. The van der Waals surface area contributed by atoms with Gasteiger partial charge in [-0.15, -0.1) is 10.2 Å². The van der Waals surface area contributed by atoms with Crippen molar-refractivity contribution in [1.82, 2.24) is 25.9 Å². The third-order valence-electron chi connectivity index (χ3n) is 2.16. The van der Waals surface area contributed by atoms with E-state index in [0.717, 1.165) is 19.6 Å². The maximum Gasteiger partial charge on any atom is 0.191 e. The van der Waals surface area contributed by atoms with Crippen molar-refractivity contribution in [2.24, 2.45) is 0 Å². The topological polar surface area (TPSA) is 75.7 Å². The fourth-order valence-corrected chi connectivity index (χ4v) is 1.45. The number of H-pyrrole nitrogens is 1. The first kappa shape index (κ1) is 8.58. The summed E-state index contributed by atoms with van der Waals surface area (Å²) < 4.78 is 5.25. The molecule has 0 amide bonds. The smallest absolute Gasteiger partial charge is 0.191 e. The monoisotopic (exact) mass is 183 g/mol. The van der Waals surface area contributed by atoms with E-state index in [1.165, 1.54) is 0 Å². The third kappa shape index (κ3) is 2.02. The van der Waals surface area contributed by atoms with Crippen LogP contribution < -0.4 is 5.32 Å². The molecule has 2 heterocycles. The average molecular weight is 183 g/mol. The zero-order valence-electron chi connectivity index (χ0n) is 7.53. The summed E-state index contributed by atoms with van der Waals surface area (Å²) in [5.41, 5.74) is 0. The molecular formula is C7H13N5O. The van der Waals surface area contributed by atoms with Crippen molar-refractivity contribution >= 4 is 0 Å². The predicted octanol–water partition coefficient (Wildman–Crippen LogP) is -0.361. The summed E-state index contributed by atoms with van der Waals surface area (Å²) in [6, 6.07) is 0.555. The van der Waals surface area contributed by atoms with E-state index < -0.39 is 0 Å². The molecule has 0 aliphatic carbocycles. The number of tetrazole rings is 1. The van der Waals surface area contributed by atoms with Crippen LogP contribution in [0.3, 0.4) is 0 Å². The van der Waals surface area contributed by atoms with Gasteiger partial charge in [-0.1, -0.05) is 5.21 Å². The van der Waals surface area contributed by atoms with E-state index in [2.05, 4.69) is 25.9 Å². The Balaban J connectivity index is 1.87. The molecule has 1 aromatic rings. The molecule has 2 N–H and O–H groups in total. The molecule has 0 radical (unpaired) electrons. The molecule has 0 aromatic carbocycles. The molecule has 1 fully saturated rings. The van der Waals surface area contributed by atoms with Crippen molar-refractivity contribution in [1.29, 1.82) is 0 Å². The molecule has 0 spiro atoms. The highest BCUT2D eigenvalue weighted by molar-refractivity contribution is 4.88. The largest absolute Gasteiger partial charge is 0.380 e. The van der Waals surface area contributed by atoms with Crippen LogP contribution in [0.25, 0.3) is 0 Å². The van der Waals surface area contributed by atoms with Crippen LogP contribution in [-0.4, -0.2) is 39.9 Å². The zero-order valence-corrected chi connectivity index (χ0v) is 7.53. The summed E-state index contributed by atoms with van der Waals surface area (Å²) in [7, 11) is 0. The number of nitrogens with one attached hydrogen (secondary N) is 2. The highest BCUT2D eigenvalue weighted by Crippen LogP contribution is 2.10. The maximum absolute atomic E-state index is 5.25. The second-order valence-electron chi connectivity index (χ2n) is 3.22.